The molecule has 1 fully saturated rings. The van der Waals surface area contributed by atoms with E-state index in [1.54, 1.807) is 6.20 Å². The van der Waals surface area contributed by atoms with E-state index in [1.807, 2.05) is 53.2 Å². The molecule has 2 aromatic rings. The van der Waals surface area contributed by atoms with Gasteiger partial charge in [0, 0.05) is 31.9 Å². The van der Waals surface area contributed by atoms with Gasteiger partial charge < -0.3 is 5.32 Å². The summed E-state index contributed by atoms with van der Waals surface area (Å²) in [5, 5.41) is 9.26. The Morgan fingerprint density at radius 3 is 2.96 bits per heavy atom. The third kappa shape index (κ3) is 4.21. The Morgan fingerprint density at radius 2 is 2.21 bits per heavy atom. The minimum Gasteiger partial charge on any atom is -0.349 e. The van der Waals surface area contributed by atoms with E-state index in [4.69, 9.17) is 4.84 Å². The van der Waals surface area contributed by atoms with Crippen LogP contribution in [-0.4, -0.2) is 40.4 Å². The molecule has 1 saturated heterocycles. The number of benzene rings is 1. The van der Waals surface area contributed by atoms with Gasteiger partial charge in [0.05, 0.1) is 18.3 Å². The van der Waals surface area contributed by atoms with Crippen LogP contribution in [0.25, 0.3) is 5.69 Å². The Bertz CT molecular complexity index is 651. The van der Waals surface area contributed by atoms with Crippen LogP contribution in [0.3, 0.4) is 0 Å². The molecule has 128 valence electrons. The summed E-state index contributed by atoms with van der Waals surface area (Å²) in [7, 11) is 0. The van der Waals surface area contributed by atoms with E-state index >= 15 is 0 Å². The van der Waals surface area contributed by atoms with E-state index in [0.29, 0.717) is 13.0 Å². The predicted octanol–water partition coefficient (Wildman–Crippen LogP) is 2.47. The maximum Gasteiger partial charge on any atom is 0.221 e. The molecule has 1 atom stereocenters. The number of nitrogens with one attached hydrogen (secondary N) is 1. The summed E-state index contributed by atoms with van der Waals surface area (Å²) in [6.07, 6.45) is 6.33. The quantitative estimate of drug-likeness (QED) is 0.885. The highest BCUT2D eigenvalue weighted by molar-refractivity contribution is 5.76. The van der Waals surface area contributed by atoms with Crippen LogP contribution >= 0.6 is 0 Å². The molecule has 0 bridgehead atoms. The third-order valence-electron chi connectivity index (χ3n) is 4.20. The molecule has 1 aliphatic rings. The van der Waals surface area contributed by atoms with Crippen LogP contribution in [0.5, 0.6) is 0 Å². The van der Waals surface area contributed by atoms with Crippen molar-refractivity contribution < 1.29 is 9.63 Å². The fourth-order valence-corrected chi connectivity index (χ4v) is 2.92. The first kappa shape index (κ1) is 16.7. The highest BCUT2D eigenvalue weighted by atomic mass is 16.7. The molecule has 6 heteroatoms. The zero-order valence-corrected chi connectivity index (χ0v) is 14.0. The van der Waals surface area contributed by atoms with Crippen molar-refractivity contribution in [3.8, 4) is 5.69 Å². The van der Waals surface area contributed by atoms with Crippen molar-refractivity contribution in [1.82, 2.24) is 20.2 Å². The standard InChI is InChI=1S/C18H24N4O2/c1-15(20-18(23)9-13-21-11-4-5-14-24-21)16-7-2-3-8-17(16)22-12-6-10-19-22/h2-3,6-8,10,12,15H,4-5,9,11,13-14H2,1H3,(H,20,23)/t15-/m0/s1. The van der Waals surface area contributed by atoms with Crippen molar-refractivity contribution in [2.24, 2.45) is 0 Å². The second-order valence-corrected chi connectivity index (χ2v) is 6.02. The van der Waals surface area contributed by atoms with E-state index in [1.165, 1.54) is 0 Å². The number of hydrogen-bond donors (Lipinski definition) is 1. The SMILES string of the molecule is C[C@H](NC(=O)CCN1CCCCO1)c1ccccc1-n1cccn1. The van der Waals surface area contributed by atoms with Gasteiger partial charge in [-0.15, -0.1) is 0 Å². The van der Waals surface area contributed by atoms with Gasteiger partial charge in [-0.3, -0.25) is 9.63 Å². The molecule has 1 aromatic carbocycles. The Morgan fingerprint density at radius 1 is 1.33 bits per heavy atom. The first-order valence-electron chi connectivity index (χ1n) is 8.50. The normalized spacial score (nSPS) is 16.7. The molecule has 0 aliphatic carbocycles. The summed E-state index contributed by atoms with van der Waals surface area (Å²) in [4.78, 5) is 17.8. The zero-order chi connectivity index (χ0) is 16.8. The number of amides is 1. The maximum absolute atomic E-state index is 12.3. The summed E-state index contributed by atoms with van der Waals surface area (Å²) in [5.41, 5.74) is 2.03. The van der Waals surface area contributed by atoms with Crippen molar-refractivity contribution in [2.45, 2.75) is 32.2 Å². The molecule has 1 aliphatic heterocycles. The molecule has 0 saturated carbocycles. The molecular weight excluding hydrogens is 304 g/mol. The highest BCUT2D eigenvalue weighted by Gasteiger charge is 2.16. The molecule has 6 nitrogen and oxygen atoms in total. The van der Waals surface area contributed by atoms with Crippen LogP contribution in [0.4, 0.5) is 0 Å². The van der Waals surface area contributed by atoms with Crippen molar-refractivity contribution >= 4 is 5.91 Å². The summed E-state index contributed by atoms with van der Waals surface area (Å²) >= 11 is 0. The molecule has 24 heavy (non-hydrogen) atoms. The molecule has 0 unspecified atom stereocenters. The van der Waals surface area contributed by atoms with Crippen molar-refractivity contribution in [1.29, 1.82) is 0 Å². The third-order valence-corrected chi connectivity index (χ3v) is 4.20. The lowest BCUT2D eigenvalue weighted by atomic mass is 10.1. The van der Waals surface area contributed by atoms with Crippen LogP contribution in [0.2, 0.25) is 0 Å². The first-order valence-corrected chi connectivity index (χ1v) is 8.50. The predicted molar refractivity (Wildman–Crippen MR) is 91.5 cm³/mol. The van der Waals surface area contributed by atoms with Crippen molar-refractivity contribution in [2.75, 3.05) is 19.7 Å². The number of aromatic nitrogens is 2. The molecule has 1 amide bonds. The molecule has 2 heterocycles. The lowest BCUT2D eigenvalue weighted by Crippen LogP contribution is -2.35. The van der Waals surface area contributed by atoms with E-state index in [-0.39, 0.29) is 11.9 Å². The topological polar surface area (TPSA) is 59.4 Å². The average molecular weight is 328 g/mol. The molecule has 3 rings (SSSR count). The number of hydroxylamine groups is 2. The Kier molecular flexibility index (Phi) is 5.61. The van der Waals surface area contributed by atoms with E-state index in [9.17, 15) is 4.79 Å². The summed E-state index contributed by atoms with van der Waals surface area (Å²) < 4.78 is 1.82. The minimum atomic E-state index is -0.0832. The number of nitrogens with zero attached hydrogens (tertiary/aromatic N) is 3. The zero-order valence-electron chi connectivity index (χ0n) is 14.0. The van der Waals surface area contributed by atoms with Gasteiger partial charge in [0.25, 0.3) is 0 Å². The number of hydrogen-bond acceptors (Lipinski definition) is 4. The Labute approximate surface area is 142 Å². The maximum atomic E-state index is 12.3. The van der Waals surface area contributed by atoms with Gasteiger partial charge in [-0.1, -0.05) is 18.2 Å². The van der Waals surface area contributed by atoms with Crippen molar-refractivity contribution in [3.05, 3.63) is 48.3 Å². The lowest BCUT2D eigenvalue weighted by molar-refractivity contribution is -0.181. The Hall–Kier alpha value is -2.18. The van der Waals surface area contributed by atoms with Crippen LogP contribution in [0, 0.1) is 0 Å². The summed E-state index contributed by atoms with van der Waals surface area (Å²) in [6, 6.07) is 9.79. The molecular formula is C18H24N4O2. The van der Waals surface area contributed by atoms with Crippen molar-refractivity contribution in [3.63, 3.8) is 0 Å². The van der Waals surface area contributed by atoms with Crippen LogP contribution in [0.1, 0.15) is 37.8 Å². The molecule has 1 N–H and O–H groups in total. The van der Waals surface area contributed by atoms with Gasteiger partial charge in [0.2, 0.25) is 5.91 Å². The number of rotatable bonds is 6. The van der Waals surface area contributed by atoms with Gasteiger partial charge in [0.1, 0.15) is 0 Å². The van der Waals surface area contributed by atoms with E-state index < -0.39 is 0 Å². The largest absolute Gasteiger partial charge is 0.349 e. The fraction of sp³-hybridized carbons (Fsp3) is 0.444. The number of para-hydroxylation sites is 1. The first-order chi connectivity index (χ1) is 11.7. The van der Waals surface area contributed by atoms with Crippen LogP contribution < -0.4 is 5.32 Å². The van der Waals surface area contributed by atoms with Gasteiger partial charge in [-0.05, 0) is 37.5 Å². The second-order valence-electron chi connectivity index (χ2n) is 6.02. The van der Waals surface area contributed by atoms with E-state index in [2.05, 4.69) is 10.4 Å². The Balaban J connectivity index is 1.58. The summed E-state index contributed by atoms with van der Waals surface area (Å²) in [5.74, 6) is 0.0342. The van der Waals surface area contributed by atoms with Crippen LogP contribution in [-0.2, 0) is 9.63 Å². The highest BCUT2D eigenvalue weighted by Crippen LogP contribution is 2.21. The number of carbonyl (C=O) groups is 1. The molecule has 0 spiro atoms. The van der Waals surface area contributed by atoms with Gasteiger partial charge in [-0.2, -0.15) is 10.2 Å². The molecule has 1 aromatic heterocycles. The minimum absolute atomic E-state index is 0.0342. The van der Waals surface area contributed by atoms with Gasteiger partial charge >= 0.3 is 0 Å². The summed E-state index contributed by atoms with van der Waals surface area (Å²) in [6.45, 7) is 4.30. The average Bonchev–Trinajstić information content (AvgIpc) is 3.15. The smallest absolute Gasteiger partial charge is 0.221 e. The fourth-order valence-electron chi connectivity index (χ4n) is 2.92. The van der Waals surface area contributed by atoms with Gasteiger partial charge in [-0.25, -0.2) is 4.68 Å². The van der Waals surface area contributed by atoms with E-state index in [0.717, 1.165) is 37.2 Å². The van der Waals surface area contributed by atoms with Crippen LogP contribution in [0.15, 0.2) is 42.7 Å². The lowest BCUT2D eigenvalue weighted by Gasteiger charge is -2.26. The molecule has 0 radical (unpaired) electrons. The second kappa shape index (κ2) is 8.08. The van der Waals surface area contributed by atoms with Gasteiger partial charge in [0.15, 0.2) is 0 Å². The number of carbonyl (C=O) groups excluding carboxylic acids is 1. The monoisotopic (exact) mass is 328 g/mol.